The molecule has 0 aliphatic carbocycles. The van der Waals surface area contributed by atoms with Crippen molar-refractivity contribution in [3.63, 3.8) is 0 Å². The lowest BCUT2D eigenvalue weighted by molar-refractivity contribution is 0.666. The van der Waals surface area contributed by atoms with Gasteiger partial charge in [-0.25, -0.2) is 0 Å². The second-order valence-electron chi connectivity index (χ2n) is 16.8. The van der Waals surface area contributed by atoms with Crippen molar-refractivity contribution in [3.05, 3.63) is 230 Å². The van der Waals surface area contributed by atoms with Gasteiger partial charge in [0.25, 0.3) is 0 Å². The van der Waals surface area contributed by atoms with Crippen LogP contribution in [-0.4, -0.2) is 9.13 Å². The van der Waals surface area contributed by atoms with Crippen LogP contribution in [0.2, 0.25) is 0 Å². The molecule has 0 saturated heterocycles. The molecule has 13 aromatic rings. The summed E-state index contributed by atoms with van der Waals surface area (Å²) in [5, 5.41) is 16.6. The first-order valence-electron chi connectivity index (χ1n) is 22.0. The van der Waals surface area contributed by atoms with E-state index in [4.69, 9.17) is 4.42 Å². The molecule has 65 heavy (non-hydrogen) atoms. The van der Waals surface area contributed by atoms with Gasteiger partial charge in [-0.15, -0.1) is 0 Å². The van der Waals surface area contributed by atoms with Gasteiger partial charge in [-0.1, -0.05) is 146 Å². The Bertz CT molecular complexity index is 4050. The van der Waals surface area contributed by atoms with Crippen molar-refractivity contribution < 1.29 is 4.42 Å². The zero-order valence-corrected chi connectivity index (χ0v) is 35.1. The number of furan rings is 1. The summed E-state index contributed by atoms with van der Waals surface area (Å²) < 4.78 is 11.5. The molecule has 0 N–H and O–H groups in total. The summed E-state index contributed by atoms with van der Waals surface area (Å²) in [4.78, 5) is 0. The average molecular weight is 828 g/mol. The molecule has 0 aliphatic heterocycles. The first-order valence-corrected chi connectivity index (χ1v) is 22.0. The van der Waals surface area contributed by atoms with Crippen LogP contribution >= 0.6 is 0 Å². The lowest BCUT2D eigenvalue weighted by Gasteiger charge is -2.12. The zero-order valence-electron chi connectivity index (χ0n) is 35.1. The van der Waals surface area contributed by atoms with Gasteiger partial charge in [-0.2, -0.15) is 5.26 Å². The highest BCUT2D eigenvalue weighted by Crippen LogP contribution is 2.43. The van der Waals surface area contributed by atoms with E-state index in [1.54, 1.807) is 0 Å². The fraction of sp³-hybridized carbons (Fsp3) is 0. The molecule has 4 heteroatoms. The fourth-order valence-corrected chi connectivity index (χ4v) is 10.0. The maximum Gasteiger partial charge on any atom is 0.159 e. The highest BCUT2D eigenvalue weighted by Gasteiger charge is 2.21. The maximum atomic E-state index is 9.64. The van der Waals surface area contributed by atoms with E-state index >= 15 is 0 Å². The molecule has 10 aromatic carbocycles. The van der Waals surface area contributed by atoms with E-state index in [9.17, 15) is 5.26 Å². The number of nitriles is 1. The smallest absolute Gasteiger partial charge is 0.159 e. The van der Waals surface area contributed by atoms with Gasteiger partial charge in [0.2, 0.25) is 0 Å². The molecule has 0 amide bonds. The molecule has 0 fully saturated rings. The zero-order chi connectivity index (χ0) is 43.0. The van der Waals surface area contributed by atoms with Crippen molar-refractivity contribution in [2.24, 2.45) is 0 Å². The SMILES string of the molecule is N#Cc1cccc(-n2c3ccccc3c3cc(-c4ccc(-c5ccc6c(c5)c5ccccc5n6-c5cc(-c6ccccc6)cc6c5oc5ccc(-c7ccccc7)cc56)cc4)ccc32)c1. The number of nitrogens with zero attached hydrogens (tertiary/aromatic N) is 3. The third kappa shape index (κ3) is 5.91. The van der Waals surface area contributed by atoms with Crippen molar-refractivity contribution in [2.45, 2.75) is 0 Å². The van der Waals surface area contributed by atoms with E-state index in [2.05, 4.69) is 221 Å². The van der Waals surface area contributed by atoms with Crippen molar-refractivity contribution >= 4 is 65.6 Å². The van der Waals surface area contributed by atoms with Crippen LogP contribution < -0.4 is 0 Å². The molecule has 0 spiro atoms. The molecule has 0 radical (unpaired) electrons. The van der Waals surface area contributed by atoms with Crippen molar-refractivity contribution in [1.82, 2.24) is 9.13 Å². The Morgan fingerprint density at radius 3 is 1.43 bits per heavy atom. The number of rotatable bonds is 6. The molecule has 0 aliphatic rings. The minimum atomic E-state index is 0.644. The van der Waals surface area contributed by atoms with Gasteiger partial charge < -0.3 is 13.6 Å². The number of hydrogen-bond acceptors (Lipinski definition) is 2. The molecule has 0 saturated carbocycles. The van der Waals surface area contributed by atoms with Gasteiger partial charge in [0, 0.05) is 38.0 Å². The van der Waals surface area contributed by atoms with E-state index in [1.807, 2.05) is 18.2 Å². The van der Waals surface area contributed by atoms with Crippen LogP contribution in [0.3, 0.4) is 0 Å². The van der Waals surface area contributed by atoms with E-state index in [-0.39, 0.29) is 0 Å². The van der Waals surface area contributed by atoms with E-state index in [0.29, 0.717) is 5.56 Å². The van der Waals surface area contributed by atoms with Crippen LogP contribution in [0, 0.1) is 11.3 Å². The van der Waals surface area contributed by atoms with E-state index in [1.165, 1.54) is 27.1 Å². The van der Waals surface area contributed by atoms with Gasteiger partial charge in [0.05, 0.1) is 39.4 Å². The van der Waals surface area contributed by atoms with Gasteiger partial charge in [0.1, 0.15) is 5.58 Å². The van der Waals surface area contributed by atoms with Crippen molar-refractivity contribution in [2.75, 3.05) is 0 Å². The summed E-state index contributed by atoms with van der Waals surface area (Å²) in [6.45, 7) is 0. The largest absolute Gasteiger partial charge is 0.454 e. The highest BCUT2D eigenvalue weighted by atomic mass is 16.3. The van der Waals surface area contributed by atoms with E-state index < -0.39 is 0 Å². The van der Waals surface area contributed by atoms with Gasteiger partial charge in [-0.05, 0) is 123 Å². The highest BCUT2D eigenvalue weighted by molar-refractivity contribution is 6.15. The van der Waals surface area contributed by atoms with Crippen LogP contribution in [0.25, 0.3) is 121 Å². The molecular weight excluding hydrogens is 791 g/mol. The molecule has 3 heterocycles. The average Bonchev–Trinajstić information content (AvgIpc) is 4.04. The normalized spacial score (nSPS) is 11.7. The van der Waals surface area contributed by atoms with Crippen LogP contribution in [0.15, 0.2) is 229 Å². The molecule has 4 nitrogen and oxygen atoms in total. The molecule has 0 bridgehead atoms. The fourth-order valence-electron chi connectivity index (χ4n) is 10.0. The summed E-state index contributed by atoms with van der Waals surface area (Å²) in [5.41, 5.74) is 18.1. The third-order valence-corrected chi connectivity index (χ3v) is 13.1. The number of benzene rings is 10. The maximum absolute atomic E-state index is 9.64. The molecule has 13 rings (SSSR count). The minimum absolute atomic E-state index is 0.644. The Morgan fingerprint density at radius 1 is 0.323 bits per heavy atom. The standard InChI is InChI=1S/C61H37N3O/c62-38-39-12-11-17-48(32-39)63-55-20-9-7-18-49(55)51-33-44(26-29-57(51)63)42-22-24-43(25-23-42)45-27-30-58-52(34-45)50-19-8-10-21-56(50)64(58)59-37-47(41-15-5-2-6-16-41)36-54-53-35-46(40-13-3-1-4-14-40)28-31-60(53)65-61(54)59/h1-37H. The number of hydrogen-bond donors (Lipinski definition) is 0. The van der Waals surface area contributed by atoms with Crippen molar-refractivity contribution in [1.29, 1.82) is 5.26 Å². The monoisotopic (exact) mass is 827 g/mol. The summed E-state index contributed by atoms with van der Waals surface area (Å²) >= 11 is 0. The lowest BCUT2D eigenvalue weighted by atomic mass is 9.98. The lowest BCUT2D eigenvalue weighted by Crippen LogP contribution is -1.95. The Morgan fingerprint density at radius 2 is 0.800 bits per heavy atom. The quantitative estimate of drug-likeness (QED) is 0.168. The van der Waals surface area contributed by atoms with Crippen LogP contribution in [0.4, 0.5) is 0 Å². The van der Waals surface area contributed by atoms with Crippen LogP contribution in [0.5, 0.6) is 0 Å². The molecule has 302 valence electrons. The number of aromatic nitrogens is 2. The molecule has 0 unspecified atom stereocenters. The number of fused-ring (bicyclic) bond motifs is 9. The Balaban J connectivity index is 0.926. The number of para-hydroxylation sites is 2. The van der Waals surface area contributed by atoms with Gasteiger partial charge in [-0.3, -0.25) is 0 Å². The van der Waals surface area contributed by atoms with E-state index in [0.717, 1.165) is 94.3 Å². The predicted molar refractivity (Wildman–Crippen MR) is 269 cm³/mol. The van der Waals surface area contributed by atoms with Crippen LogP contribution in [0.1, 0.15) is 5.56 Å². The summed E-state index contributed by atoms with van der Waals surface area (Å²) in [6.07, 6.45) is 0. The van der Waals surface area contributed by atoms with Gasteiger partial charge in [0.15, 0.2) is 5.58 Å². The van der Waals surface area contributed by atoms with Crippen molar-refractivity contribution in [3.8, 4) is 62.0 Å². The summed E-state index contributed by atoms with van der Waals surface area (Å²) in [7, 11) is 0. The first-order chi connectivity index (χ1) is 32.2. The molecule has 3 aromatic heterocycles. The second kappa shape index (κ2) is 14.6. The molecule has 0 atom stereocenters. The predicted octanol–water partition coefficient (Wildman–Crippen LogP) is 16.3. The Labute approximate surface area is 374 Å². The second-order valence-corrected chi connectivity index (χ2v) is 16.8. The topological polar surface area (TPSA) is 46.8 Å². The Kier molecular flexibility index (Phi) is 8.24. The first kappa shape index (κ1) is 36.7. The van der Waals surface area contributed by atoms with Crippen LogP contribution in [-0.2, 0) is 0 Å². The summed E-state index contributed by atoms with van der Waals surface area (Å²) in [5.74, 6) is 0. The minimum Gasteiger partial charge on any atom is -0.454 e. The van der Waals surface area contributed by atoms with Gasteiger partial charge >= 0.3 is 0 Å². The Hall–Kier alpha value is -8.91. The summed E-state index contributed by atoms with van der Waals surface area (Å²) in [6, 6.07) is 82.2. The molecular formula is C61H37N3O. The third-order valence-electron chi connectivity index (χ3n) is 13.1.